The van der Waals surface area contributed by atoms with Gasteiger partial charge in [0.05, 0.1) is 0 Å². The van der Waals surface area contributed by atoms with Gasteiger partial charge in [0.1, 0.15) is 0 Å². The van der Waals surface area contributed by atoms with Crippen LogP contribution in [0.2, 0.25) is 0 Å². The molecule has 2 N–H and O–H groups in total. The molecule has 0 fully saturated rings. The third-order valence-corrected chi connectivity index (χ3v) is 2.70. The number of allylic oxidation sites excluding steroid dienone is 2. The van der Waals surface area contributed by atoms with Gasteiger partial charge in [-0.25, -0.2) is 9.59 Å². The van der Waals surface area contributed by atoms with Crippen molar-refractivity contribution in [1.29, 1.82) is 0 Å². The van der Waals surface area contributed by atoms with Gasteiger partial charge < -0.3 is 14.9 Å². The summed E-state index contributed by atoms with van der Waals surface area (Å²) in [5, 5.41) is 18.2. The number of aliphatic carboxylic acids is 2. The van der Waals surface area contributed by atoms with Crippen LogP contribution in [-0.4, -0.2) is 34.4 Å². The lowest BCUT2D eigenvalue weighted by molar-refractivity contribution is -0.159. The van der Waals surface area contributed by atoms with Gasteiger partial charge in [0.2, 0.25) is 0 Å². The summed E-state index contributed by atoms with van der Waals surface area (Å²) < 4.78 is 5.33. The van der Waals surface area contributed by atoms with Crippen molar-refractivity contribution in [3.05, 3.63) is 23.3 Å². The fraction of sp³-hybridized carbons (Fsp3) is 0.500. The Kier molecular flexibility index (Phi) is 4.07. The average Bonchev–Trinajstić information content (AvgIpc) is 2.27. The summed E-state index contributed by atoms with van der Waals surface area (Å²) in [7, 11) is 0. The maximum atomic E-state index is 11.3. The Balaban J connectivity index is 3.03. The molecule has 1 aliphatic carbocycles. The van der Waals surface area contributed by atoms with Crippen LogP contribution in [0, 0.1) is 0 Å². The van der Waals surface area contributed by atoms with Gasteiger partial charge >= 0.3 is 11.9 Å². The number of hydrogen-bond donors (Lipinski definition) is 2. The van der Waals surface area contributed by atoms with Crippen LogP contribution in [0.4, 0.5) is 0 Å². The van der Waals surface area contributed by atoms with Crippen LogP contribution in [0.3, 0.4) is 0 Å². The minimum atomic E-state index is -1.54. The number of ether oxygens (including phenoxy) is 1. The summed E-state index contributed by atoms with van der Waals surface area (Å²) in [6.45, 7) is 3.79. The molecule has 0 amide bonds. The molecular weight excluding hydrogens is 224 g/mol. The highest BCUT2D eigenvalue weighted by molar-refractivity contribution is 5.92. The first-order valence-electron chi connectivity index (χ1n) is 5.42. The van der Waals surface area contributed by atoms with Crippen molar-refractivity contribution in [3.63, 3.8) is 0 Å². The zero-order valence-corrected chi connectivity index (χ0v) is 9.90. The molecule has 0 aliphatic heterocycles. The Bertz CT molecular complexity index is 394. The van der Waals surface area contributed by atoms with Gasteiger partial charge in [-0.05, 0) is 25.0 Å². The molecule has 0 radical (unpaired) electrons. The molecule has 0 spiro atoms. The zero-order valence-electron chi connectivity index (χ0n) is 9.90. The monoisotopic (exact) mass is 240 g/mol. The van der Waals surface area contributed by atoms with Gasteiger partial charge in [0, 0.05) is 18.6 Å². The predicted octanol–water partition coefficient (Wildman–Crippen LogP) is 1.60. The number of carboxylic acid groups (broad SMARTS) is 2. The molecule has 17 heavy (non-hydrogen) atoms. The van der Waals surface area contributed by atoms with E-state index in [1.807, 2.05) is 6.92 Å². The molecule has 1 atom stereocenters. The first kappa shape index (κ1) is 13.4. The maximum absolute atomic E-state index is 11.3. The topological polar surface area (TPSA) is 83.8 Å². The van der Waals surface area contributed by atoms with Gasteiger partial charge in [-0.3, -0.25) is 0 Å². The third kappa shape index (κ3) is 2.74. The van der Waals surface area contributed by atoms with E-state index in [9.17, 15) is 14.7 Å². The quantitative estimate of drug-likeness (QED) is 0.762. The van der Waals surface area contributed by atoms with Gasteiger partial charge in [0.15, 0.2) is 5.60 Å². The molecule has 0 saturated carbocycles. The van der Waals surface area contributed by atoms with Crippen LogP contribution in [0.25, 0.3) is 0 Å². The molecule has 5 heteroatoms. The van der Waals surface area contributed by atoms with Crippen molar-refractivity contribution in [2.24, 2.45) is 0 Å². The summed E-state index contributed by atoms with van der Waals surface area (Å²) >= 11 is 0. The smallest absolute Gasteiger partial charge is 0.340 e. The van der Waals surface area contributed by atoms with Crippen molar-refractivity contribution in [2.45, 2.75) is 32.3 Å². The van der Waals surface area contributed by atoms with Crippen molar-refractivity contribution in [2.75, 3.05) is 6.61 Å². The van der Waals surface area contributed by atoms with Crippen LogP contribution in [-0.2, 0) is 14.3 Å². The van der Waals surface area contributed by atoms with Crippen molar-refractivity contribution in [3.8, 4) is 0 Å². The SMILES string of the molecule is CCCOC1(C(=O)O)C=CC(C)=C(C(=O)O)C1. The highest BCUT2D eigenvalue weighted by Gasteiger charge is 2.41. The number of hydrogen-bond acceptors (Lipinski definition) is 3. The lowest BCUT2D eigenvalue weighted by Gasteiger charge is -2.29. The van der Waals surface area contributed by atoms with E-state index in [2.05, 4.69) is 0 Å². The highest BCUT2D eigenvalue weighted by Crippen LogP contribution is 2.31. The standard InChI is InChI=1S/C12H16O5/c1-3-6-17-12(11(15)16)5-4-8(2)9(7-12)10(13)14/h4-5H,3,6-7H2,1-2H3,(H,13,14)(H,15,16). The second-order valence-corrected chi connectivity index (χ2v) is 4.02. The maximum Gasteiger partial charge on any atom is 0.340 e. The number of carboxylic acids is 2. The fourth-order valence-electron chi connectivity index (χ4n) is 1.66. The van der Waals surface area contributed by atoms with Crippen LogP contribution >= 0.6 is 0 Å². The lowest BCUT2D eigenvalue weighted by Crippen LogP contribution is -2.42. The molecule has 0 aromatic carbocycles. The second-order valence-electron chi connectivity index (χ2n) is 4.02. The molecule has 0 saturated heterocycles. The minimum Gasteiger partial charge on any atom is -0.479 e. The van der Waals surface area contributed by atoms with Gasteiger partial charge in [-0.2, -0.15) is 0 Å². The molecule has 1 rings (SSSR count). The Morgan fingerprint density at radius 2 is 2.12 bits per heavy atom. The predicted molar refractivity (Wildman–Crippen MR) is 60.7 cm³/mol. The number of carbonyl (C=O) groups is 2. The Hall–Kier alpha value is -1.62. The highest BCUT2D eigenvalue weighted by atomic mass is 16.5. The van der Waals surface area contributed by atoms with Crippen molar-refractivity contribution >= 4 is 11.9 Å². The Labute approximate surface area is 99.4 Å². The van der Waals surface area contributed by atoms with Crippen molar-refractivity contribution < 1.29 is 24.5 Å². The fourth-order valence-corrected chi connectivity index (χ4v) is 1.66. The summed E-state index contributed by atoms with van der Waals surface area (Å²) in [5.41, 5.74) is -0.885. The van der Waals surface area contributed by atoms with E-state index in [0.717, 1.165) is 0 Å². The Morgan fingerprint density at radius 3 is 2.59 bits per heavy atom. The van der Waals surface area contributed by atoms with Crippen LogP contribution < -0.4 is 0 Å². The van der Waals surface area contributed by atoms with E-state index in [4.69, 9.17) is 9.84 Å². The molecule has 1 aliphatic rings. The van der Waals surface area contributed by atoms with Crippen molar-refractivity contribution in [1.82, 2.24) is 0 Å². The largest absolute Gasteiger partial charge is 0.479 e. The normalized spacial score (nSPS) is 23.9. The van der Waals surface area contributed by atoms with Gasteiger partial charge in [-0.15, -0.1) is 0 Å². The van der Waals surface area contributed by atoms with E-state index in [-0.39, 0.29) is 18.6 Å². The molecule has 0 aromatic heterocycles. The summed E-state index contributed by atoms with van der Waals surface area (Å²) in [6, 6.07) is 0. The van der Waals surface area contributed by atoms with Gasteiger partial charge in [0.25, 0.3) is 0 Å². The van der Waals surface area contributed by atoms with Crippen LogP contribution in [0.1, 0.15) is 26.7 Å². The molecule has 0 aromatic rings. The summed E-state index contributed by atoms with van der Waals surface area (Å²) in [6.07, 6.45) is 3.46. The average molecular weight is 240 g/mol. The first-order chi connectivity index (χ1) is 7.93. The third-order valence-electron chi connectivity index (χ3n) is 2.70. The molecule has 5 nitrogen and oxygen atoms in total. The zero-order chi connectivity index (χ0) is 13.1. The van der Waals surface area contributed by atoms with E-state index < -0.39 is 17.5 Å². The molecule has 94 valence electrons. The lowest BCUT2D eigenvalue weighted by atomic mass is 9.86. The summed E-state index contributed by atoms with van der Waals surface area (Å²) in [5.74, 6) is -2.26. The minimum absolute atomic E-state index is 0.0889. The van der Waals surface area contributed by atoms with Crippen LogP contribution in [0.15, 0.2) is 23.3 Å². The Morgan fingerprint density at radius 1 is 1.47 bits per heavy atom. The van der Waals surface area contributed by atoms with E-state index in [1.54, 1.807) is 6.92 Å². The molecule has 0 bridgehead atoms. The molecule has 0 heterocycles. The molecule has 1 unspecified atom stereocenters. The number of rotatable bonds is 5. The van der Waals surface area contributed by atoms with E-state index >= 15 is 0 Å². The first-order valence-corrected chi connectivity index (χ1v) is 5.42. The van der Waals surface area contributed by atoms with Crippen LogP contribution in [0.5, 0.6) is 0 Å². The molecular formula is C12H16O5. The summed E-state index contributed by atoms with van der Waals surface area (Å²) in [4.78, 5) is 22.3. The second kappa shape index (κ2) is 5.14. The van der Waals surface area contributed by atoms with Gasteiger partial charge in [-0.1, -0.05) is 13.0 Å². The van der Waals surface area contributed by atoms with E-state index in [1.165, 1.54) is 12.2 Å². The van der Waals surface area contributed by atoms with E-state index in [0.29, 0.717) is 12.0 Å².